The molecule has 0 aliphatic carbocycles. The molecule has 102 valence electrons. The van der Waals surface area contributed by atoms with Gasteiger partial charge in [-0.25, -0.2) is 4.21 Å². The predicted molar refractivity (Wildman–Crippen MR) is 85.8 cm³/mol. The molecule has 21 heavy (non-hydrogen) atoms. The van der Waals surface area contributed by atoms with Gasteiger partial charge < -0.3 is 4.90 Å². The molecule has 3 heteroatoms. The van der Waals surface area contributed by atoms with Crippen LogP contribution in [-0.4, -0.2) is 4.21 Å². The molecule has 3 aromatic carbocycles. The molecule has 0 radical (unpaired) electrons. The van der Waals surface area contributed by atoms with Crippen molar-refractivity contribution in [2.24, 2.45) is 0 Å². The minimum atomic E-state index is -1.13. The predicted octanol–water partition coefficient (Wildman–Crippen LogP) is 4.64. The van der Waals surface area contributed by atoms with Crippen LogP contribution in [0.25, 0.3) is 0 Å². The average molecular weight is 291 g/mol. The van der Waals surface area contributed by atoms with Gasteiger partial charge in [0.15, 0.2) is 0 Å². The molecule has 1 aliphatic heterocycles. The maximum atomic E-state index is 12.8. The van der Waals surface area contributed by atoms with E-state index in [1.165, 1.54) is 0 Å². The Morgan fingerprint density at radius 2 is 1.10 bits per heavy atom. The van der Waals surface area contributed by atoms with Crippen molar-refractivity contribution < 1.29 is 4.21 Å². The lowest BCUT2D eigenvalue weighted by molar-refractivity contribution is 0.682. The molecule has 4 rings (SSSR count). The van der Waals surface area contributed by atoms with Gasteiger partial charge in [-0.1, -0.05) is 42.5 Å². The molecule has 0 atom stereocenters. The fraction of sp³-hybridized carbons (Fsp3) is 0. The Morgan fingerprint density at radius 3 is 1.67 bits per heavy atom. The summed E-state index contributed by atoms with van der Waals surface area (Å²) in [7, 11) is -1.13. The summed E-state index contributed by atoms with van der Waals surface area (Å²) in [6.07, 6.45) is 0. The highest BCUT2D eigenvalue weighted by atomic mass is 32.2. The number of para-hydroxylation sites is 3. The van der Waals surface area contributed by atoms with Gasteiger partial charge in [0.05, 0.1) is 32.0 Å². The number of anilines is 3. The molecule has 0 amide bonds. The molecule has 0 N–H and O–H groups in total. The molecule has 0 bridgehead atoms. The van der Waals surface area contributed by atoms with Crippen LogP contribution in [0.15, 0.2) is 88.7 Å². The summed E-state index contributed by atoms with van der Waals surface area (Å²) in [5.74, 6) is 0. The van der Waals surface area contributed by atoms with E-state index >= 15 is 0 Å². The lowest BCUT2D eigenvalue weighted by Crippen LogP contribution is -2.19. The van der Waals surface area contributed by atoms with Crippen molar-refractivity contribution in [2.75, 3.05) is 4.90 Å². The second kappa shape index (κ2) is 4.86. The smallest absolute Gasteiger partial charge is 0.0892 e. The van der Waals surface area contributed by atoms with Crippen molar-refractivity contribution in [1.29, 1.82) is 0 Å². The van der Waals surface area contributed by atoms with E-state index in [1.807, 2.05) is 66.7 Å². The van der Waals surface area contributed by atoms with Gasteiger partial charge >= 0.3 is 0 Å². The Bertz CT molecular complexity index is 780. The van der Waals surface area contributed by atoms with E-state index in [2.05, 4.69) is 17.0 Å². The molecular weight excluding hydrogens is 278 g/mol. The Balaban J connectivity index is 2.03. The van der Waals surface area contributed by atoms with Crippen molar-refractivity contribution in [3.8, 4) is 0 Å². The highest BCUT2D eigenvalue weighted by Crippen LogP contribution is 2.45. The van der Waals surface area contributed by atoms with Gasteiger partial charge in [-0.15, -0.1) is 0 Å². The molecule has 0 fully saturated rings. The molecule has 0 spiro atoms. The number of hydrogen-bond donors (Lipinski definition) is 0. The number of hydrogen-bond acceptors (Lipinski definition) is 2. The number of rotatable bonds is 1. The molecule has 0 saturated heterocycles. The van der Waals surface area contributed by atoms with Gasteiger partial charge in [0, 0.05) is 5.69 Å². The monoisotopic (exact) mass is 291 g/mol. The molecule has 1 heterocycles. The first-order valence-corrected chi connectivity index (χ1v) is 7.96. The second-order valence-electron chi connectivity index (χ2n) is 4.88. The van der Waals surface area contributed by atoms with Crippen molar-refractivity contribution >= 4 is 27.9 Å². The van der Waals surface area contributed by atoms with E-state index < -0.39 is 10.8 Å². The Labute approximate surface area is 126 Å². The van der Waals surface area contributed by atoms with Crippen LogP contribution in [0.1, 0.15) is 0 Å². The highest BCUT2D eigenvalue weighted by molar-refractivity contribution is 7.85. The highest BCUT2D eigenvalue weighted by Gasteiger charge is 2.28. The zero-order chi connectivity index (χ0) is 14.2. The Kier molecular flexibility index (Phi) is 2.86. The maximum absolute atomic E-state index is 12.8. The topological polar surface area (TPSA) is 20.3 Å². The minimum absolute atomic E-state index is 0.861. The van der Waals surface area contributed by atoms with Gasteiger partial charge in [-0.3, -0.25) is 0 Å². The third-order valence-electron chi connectivity index (χ3n) is 3.63. The SMILES string of the molecule is O=S1c2ccccc2N(c2ccccc2)c2ccccc21. The van der Waals surface area contributed by atoms with Crippen molar-refractivity contribution in [1.82, 2.24) is 0 Å². The Morgan fingerprint density at radius 1 is 0.619 bits per heavy atom. The van der Waals surface area contributed by atoms with Crippen molar-refractivity contribution in [3.63, 3.8) is 0 Å². The van der Waals surface area contributed by atoms with Crippen LogP contribution < -0.4 is 4.90 Å². The van der Waals surface area contributed by atoms with E-state index in [1.54, 1.807) is 0 Å². The standard InChI is InChI=1S/C18H13NOS/c20-21-17-12-6-4-10-15(17)19(14-8-2-1-3-9-14)16-11-5-7-13-18(16)21/h1-13H. The summed E-state index contributed by atoms with van der Waals surface area (Å²) in [4.78, 5) is 3.90. The molecule has 0 saturated carbocycles. The average Bonchev–Trinajstić information content (AvgIpc) is 2.56. The first kappa shape index (κ1) is 12.4. The van der Waals surface area contributed by atoms with Crippen LogP contribution >= 0.6 is 0 Å². The fourth-order valence-corrected chi connectivity index (χ4v) is 4.04. The van der Waals surface area contributed by atoms with E-state index in [4.69, 9.17) is 0 Å². The van der Waals surface area contributed by atoms with Crippen LogP contribution in [0.2, 0.25) is 0 Å². The summed E-state index contributed by atoms with van der Waals surface area (Å²) in [6, 6.07) is 26.0. The van der Waals surface area contributed by atoms with Gasteiger partial charge in [-0.2, -0.15) is 0 Å². The lowest BCUT2D eigenvalue weighted by atomic mass is 10.2. The lowest BCUT2D eigenvalue weighted by Gasteiger charge is -2.32. The number of fused-ring (bicyclic) bond motifs is 2. The van der Waals surface area contributed by atoms with Crippen molar-refractivity contribution in [2.45, 2.75) is 9.79 Å². The third kappa shape index (κ3) is 1.89. The summed E-state index contributed by atoms with van der Waals surface area (Å²) in [5, 5.41) is 0. The fourth-order valence-electron chi connectivity index (χ4n) is 2.70. The van der Waals surface area contributed by atoms with Crippen LogP contribution in [0.4, 0.5) is 17.1 Å². The minimum Gasteiger partial charge on any atom is -0.308 e. The largest absolute Gasteiger partial charge is 0.308 e. The van der Waals surface area contributed by atoms with Gasteiger partial charge in [0.1, 0.15) is 0 Å². The number of benzene rings is 3. The first-order valence-electron chi connectivity index (χ1n) is 6.81. The zero-order valence-corrected chi connectivity index (χ0v) is 12.1. The van der Waals surface area contributed by atoms with Crippen LogP contribution in [0.3, 0.4) is 0 Å². The van der Waals surface area contributed by atoms with Crippen LogP contribution in [0, 0.1) is 0 Å². The number of nitrogens with zero attached hydrogens (tertiary/aromatic N) is 1. The van der Waals surface area contributed by atoms with Gasteiger partial charge in [0.2, 0.25) is 0 Å². The summed E-state index contributed by atoms with van der Waals surface area (Å²) in [5.41, 5.74) is 3.05. The molecule has 1 aliphatic rings. The van der Waals surface area contributed by atoms with E-state index in [0.29, 0.717) is 0 Å². The quantitative estimate of drug-likeness (QED) is 0.509. The van der Waals surface area contributed by atoms with Crippen LogP contribution in [-0.2, 0) is 10.8 Å². The molecule has 0 aromatic heterocycles. The van der Waals surface area contributed by atoms with Crippen LogP contribution in [0.5, 0.6) is 0 Å². The molecule has 3 aromatic rings. The van der Waals surface area contributed by atoms with Crippen molar-refractivity contribution in [3.05, 3.63) is 78.9 Å². The summed E-state index contributed by atoms with van der Waals surface area (Å²) >= 11 is 0. The first-order chi connectivity index (χ1) is 10.4. The Hall–Kier alpha value is -2.39. The summed E-state index contributed by atoms with van der Waals surface area (Å²) < 4.78 is 12.8. The van der Waals surface area contributed by atoms with E-state index in [-0.39, 0.29) is 0 Å². The maximum Gasteiger partial charge on any atom is 0.0892 e. The van der Waals surface area contributed by atoms with Gasteiger partial charge in [0.25, 0.3) is 0 Å². The molecule has 0 unspecified atom stereocenters. The summed E-state index contributed by atoms with van der Waals surface area (Å²) in [6.45, 7) is 0. The molecule has 2 nitrogen and oxygen atoms in total. The van der Waals surface area contributed by atoms with E-state index in [9.17, 15) is 4.21 Å². The third-order valence-corrected chi connectivity index (χ3v) is 5.12. The van der Waals surface area contributed by atoms with E-state index in [0.717, 1.165) is 26.9 Å². The normalized spacial score (nSPS) is 13.6. The molecular formula is C18H13NOS. The second-order valence-corrected chi connectivity index (χ2v) is 6.29. The zero-order valence-electron chi connectivity index (χ0n) is 11.3. The van der Waals surface area contributed by atoms with Gasteiger partial charge in [-0.05, 0) is 36.4 Å².